The molecular weight excluding hydrogens is 528 g/mol. The average Bonchev–Trinajstić information content (AvgIpc) is 3.67. The molecule has 0 radical (unpaired) electrons. The van der Waals surface area contributed by atoms with Crippen LogP contribution in [0.5, 0.6) is 5.06 Å². The van der Waals surface area contributed by atoms with Gasteiger partial charge in [-0.05, 0) is 61.7 Å². The molecule has 0 unspecified atom stereocenters. The number of hydrogen-bond donors (Lipinski definition) is 2. The quantitative estimate of drug-likeness (QED) is 0.251. The molecule has 2 aromatic carbocycles. The number of fused-ring (bicyclic) bond motifs is 1. The Bertz CT molecular complexity index is 1850. The minimum Gasteiger partial charge on any atom is -0.449 e. The van der Waals surface area contributed by atoms with Crippen LogP contribution in [0, 0.1) is 0 Å². The van der Waals surface area contributed by atoms with Crippen LogP contribution in [0.4, 0.5) is 10.7 Å². The van der Waals surface area contributed by atoms with Crippen LogP contribution in [0.3, 0.4) is 0 Å². The summed E-state index contributed by atoms with van der Waals surface area (Å²) in [4.78, 5) is 28.6. The third kappa shape index (κ3) is 4.64. The molecular formula is C28H24N8O3S. The van der Waals surface area contributed by atoms with E-state index in [1.165, 1.54) is 17.7 Å². The molecule has 200 valence electrons. The Morgan fingerprint density at radius 2 is 1.75 bits per heavy atom. The summed E-state index contributed by atoms with van der Waals surface area (Å²) < 4.78 is 8.76. The highest BCUT2D eigenvalue weighted by Gasteiger charge is 2.25. The number of nitrogen functional groups attached to an aromatic ring is 1. The average molecular weight is 553 g/mol. The number of imidazole rings is 1. The van der Waals surface area contributed by atoms with Gasteiger partial charge >= 0.3 is 6.16 Å². The first-order valence-corrected chi connectivity index (χ1v) is 13.2. The van der Waals surface area contributed by atoms with Crippen molar-refractivity contribution in [3.8, 4) is 44.4 Å². The monoisotopic (exact) mass is 552 g/mol. The Labute approximate surface area is 232 Å². The van der Waals surface area contributed by atoms with E-state index in [0.717, 1.165) is 50.4 Å². The first kappa shape index (κ1) is 25.2. The zero-order valence-electron chi connectivity index (χ0n) is 21.8. The summed E-state index contributed by atoms with van der Waals surface area (Å²) >= 11 is 1.22. The second-order valence-corrected chi connectivity index (χ2v) is 10.9. The molecule has 0 aliphatic carbocycles. The minimum atomic E-state index is -1.35. The predicted octanol–water partition coefficient (Wildman–Crippen LogP) is 5.86. The number of benzene rings is 2. The smallest absolute Gasteiger partial charge is 0.449 e. The molecule has 6 rings (SSSR count). The number of thiophene rings is 1. The van der Waals surface area contributed by atoms with Gasteiger partial charge in [0.1, 0.15) is 18.5 Å². The number of nitrogens with zero attached hydrogens (tertiary/aromatic N) is 7. The van der Waals surface area contributed by atoms with Crippen LogP contribution in [0.1, 0.15) is 20.8 Å². The number of carboxylic acid groups (broad SMARTS) is 1. The van der Waals surface area contributed by atoms with E-state index in [2.05, 4.69) is 51.5 Å². The van der Waals surface area contributed by atoms with E-state index in [1.54, 1.807) is 29.5 Å². The molecule has 40 heavy (non-hydrogen) atoms. The van der Waals surface area contributed by atoms with Crippen molar-refractivity contribution < 1.29 is 14.6 Å². The normalized spacial score (nSPS) is 11.7. The molecule has 0 aliphatic heterocycles. The van der Waals surface area contributed by atoms with Gasteiger partial charge in [-0.25, -0.2) is 29.4 Å². The fourth-order valence-electron chi connectivity index (χ4n) is 4.64. The van der Waals surface area contributed by atoms with Crippen LogP contribution in [0.25, 0.3) is 50.4 Å². The minimum absolute atomic E-state index is 0.219. The van der Waals surface area contributed by atoms with Crippen molar-refractivity contribution in [2.75, 3.05) is 5.73 Å². The van der Waals surface area contributed by atoms with Crippen molar-refractivity contribution in [2.45, 2.75) is 26.3 Å². The highest BCUT2D eigenvalue weighted by molar-refractivity contribution is 7.12. The van der Waals surface area contributed by atoms with Gasteiger partial charge in [0.2, 0.25) is 5.95 Å². The summed E-state index contributed by atoms with van der Waals surface area (Å²) in [5.41, 5.74) is 12.2. The topological polar surface area (TPSA) is 147 Å². The Hall–Kier alpha value is -5.10. The number of ether oxygens (including phenoxy) is 1. The second kappa shape index (κ2) is 9.58. The molecule has 4 aromatic heterocycles. The maximum Gasteiger partial charge on any atom is 0.512 e. The summed E-state index contributed by atoms with van der Waals surface area (Å²) in [6, 6.07) is 13.7. The summed E-state index contributed by atoms with van der Waals surface area (Å²) in [6.45, 7) is 6.40. The van der Waals surface area contributed by atoms with Crippen LogP contribution in [0.15, 0.2) is 72.9 Å². The molecule has 0 fully saturated rings. The Morgan fingerprint density at radius 1 is 1.00 bits per heavy atom. The first-order valence-electron chi connectivity index (χ1n) is 12.3. The second-order valence-electron chi connectivity index (χ2n) is 10.1. The SMILES string of the molecule is CC(C)(C)n1c(-c2cc(-c3csc(OC(=O)O)c3)ccc2-n2cncn2)nc2cc(-c3cnc(N)nc3)ccc21. The lowest BCUT2D eigenvalue weighted by Crippen LogP contribution is -2.23. The van der Waals surface area contributed by atoms with Gasteiger partial charge in [0.05, 0.1) is 16.7 Å². The fraction of sp³-hybridized carbons (Fsp3) is 0.143. The Balaban J connectivity index is 1.56. The van der Waals surface area contributed by atoms with Crippen LogP contribution >= 0.6 is 11.3 Å². The lowest BCUT2D eigenvalue weighted by Gasteiger charge is -2.25. The van der Waals surface area contributed by atoms with E-state index in [0.29, 0.717) is 5.06 Å². The molecule has 0 saturated carbocycles. The van der Waals surface area contributed by atoms with Gasteiger partial charge < -0.3 is 20.1 Å². The van der Waals surface area contributed by atoms with Crippen molar-refractivity contribution in [2.24, 2.45) is 0 Å². The van der Waals surface area contributed by atoms with E-state index in [9.17, 15) is 4.79 Å². The molecule has 0 atom stereocenters. The number of aromatic nitrogens is 7. The summed E-state index contributed by atoms with van der Waals surface area (Å²) in [7, 11) is 0. The highest BCUT2D eigenvalue weighted by Crippen LogP contribution is 2.39. The number of hydrogen-bond acceptors (Lipinski definition) is 9. The Morgan fingerprint density at radius 3 is 2.45 bits per heavy atom. The molecule has 0 bridgehead atoms. The molecule has 0 spiro atoms. The van der Waals surface area contributed by atoms with Crippen molar-refractivity contribution in [3.63, 3.8) is 0 Å². The standard InChI is InChI=1S/C28H24N8O3S/c1-28(2,3)36-23-7-5-17(19-11-31-26(29)32-12-19)9-21(23)34-25(36)20-8-16(4-6-22(20)35-15-30-14-33-35)18-10-24(40-13-18)39-27(37)38/h4-15H,1-3H3,(H,37,38)(H2,29,31,32). The number of anilines is 1. The number of carbonyl (C=O) groups is 1. The van der Waals surface area contributed by atoms with Gasteiger partial charge in [0.25, 0.3) is 0 Å². The molecule has 6 aromatic rings. The summed E-state index contributed by atoms with van der Waals surface area (Å²) in [6.07, 6.45) is 5.17. The van der Waals surface area contributed by atoms with Crippen molar-refractivity contribution >= 4 is 34.5 Å². The van der Waals surface area contributed by atoms with E-state index in [1.807, 2.05) is 35.7 Å². The maximum atomic E-state index is 11.0. The van der Waals surface area contributed by atoms with Crippen molar-refractivity contribution in [1.82, 2.24) is 34.3 Å². The van der Waals surface area contributed by atoms with Gasteiger partial charge in [-0.3, -0.25) is 0 Å². The van der Waals surface area contributed by atoms with E-state index >= 15 is 0 Å². The van der Waals surface area contributed by atoms with Crippen LogP contribution in [0.2, 0.25) is 0 Å². The van der Waals surface area contributed by atoms with Crippen LogP contribution in [-0.4, -0.2) is 45.5 Å². The molecule has 0 saturated heterocycles. The van der Waals surface area contributed by atoms with Crippen molar-refractivity contribution in [3.05, 3.63) is 72.9 Å². The summed E-state index contributed by atoms with van der Waals surface area (Å²) in [5.74, 6) is 0.967. The maximum absolute atomic E-state index is 11.0. The van der Waals surface area contributed by atoms with Gasteiger partial charge in [0.15, 0.2) is 5.06 Å². The van der Waals surface area contributed by atoms with E-state index in [-0.39, 0.29) is 11.5 Å². The largest absolute Gasteiger partial charge is 0.512 e. The molecule has 11 nitrogen and oxygen atoms in total. The van der Waals surface area contributed by atoms with Crippen LogP contribution < -0.4 is 10.5 Å². The number of rotatable bonds is 5. The van der Waals surface area contributed by atoms with Crippen LogP contribution in [-0.2, 0) is 5.54 Å². The zero-order valence-corrected chi connectivity index (χ0v) is 22.6. The molecule has 4 heterocycles. The molecule has 12 heteroatoms. The fourth-order valence-corrected chi connectivity index (χ4v) is 5.40. The summed E-state index contributed by atoms with van der Waals surface area (Å²) in [5, 5.41) is 15.5. The van der Waals surface area contributed by atoms with E-state index in [4.69, 9.17) is 20.6 Å². The third-order valence-electron chi connectivity index (χ3n) is 6.33. The third-order valence-corrected chi connectivity index (χ3v) is 7.14. The lowest BCUT2D eigenvalue weighted by atomic mass is 10.0. The van der Waals surface area contributed by atoms with Gasteiger partial charge in [-0.15, -0.1) is 11.3 Å². The van der Waals surface area contributed by atoms with Gasteiger partial charge in [0, 0.05) is 40.5 Å². The highest BCUT2D eigenvalue weighted by atomic mass is 32.1. The van der Waals surface area contributed by atoms with Gasteiger partial charge in [-0.1, -0.05) is 12.1 Å². The van der Waals surface area contributed by atoms with Gasteiger partial charge in [-0.2, -0.15) is 5.10 Å². The number of nitrogens with two attached hydrogens (primary N) is 1. The Kier molecular flexibility index (Phi) is 6.03. The molecule has 0 amide bonds. The molecule has 3 N–H and O–H groups in total. The van der Waals surface area contributed by atoms with E-state index < -0.39 is 6.16 Å². The lowest BCUT2D eigenvalue weighted by molar-refractivity contribution is 0.146. The molecule has 0 aliphatic rings. The first-order chi connectivity index (χ1) is 19.2. The zero-order chi connectivity index (χ0) is 28.0. The predicted molar refractivity (Wildman–Crippen MR) is 152 cm³/mol. The van der Waals surface area contributed by atoms with Crippen molar-refractivity contribution in [1.29, 1.82) is 0 Å².